The summed E-state index contributed by atoms with van der Waals surface area (Å²) in [5, 5.41) is 2.65. The maximum Gasteiger partial charge on any atom is 0.262 e. The van der Waals surface area contributed by atoms with Crippen molar-refractivity contribution in [1.82, 2.24) is 10.2 Å². The lowest BCUT2D eigenvalue weighted by Gasteiger charge is -2.38. The quantitative estimate of drug-likeness (QED) is 0.854. The van der Waals surface area contributed by atoms with Crippen molar-refractivity contribution in [3.8, 4) is 0 Å². The predicted molar refractivity (Wildman–Crippen MR) is 100 cm³/mol. The zero-order valence-electron chi connectivity index (χ0n) is 14.2. The number of nitrogens with one attached hydrogen (secondary N) is 1. The van der Waals surface area contributed by atoms with Crippen molar-refractivity contribution in [2.24, 2.45) is 0 Å². The van der Waals surface area contributed by atoms with Crippen LogP contribution in [0.2, 0.25) is 0 Å². The number of likely N-dealkylation sites (tertiary alicyclic amines) is 1. The lowest BCUT2D eigenvalue weighted by Crippen LogP contribution is -2.50. The van der Waals surface area contributed by atoms with Crippen LogP contribution in [0, 0.1) is 0 Å². The Bertz CT molecular complexity index is 554. The Morgan fingerprint density at radius 2 is 1.80 bits per heavy atom. The van der Waals surface area contributed by atoms with Gasteiger partial charge in [-0.3, -0.25) is 10.1 Å². The first kappa shape index (κ1) is 21.9. The number of amides is 1. The zero-order valence-corrected chi connectivity index (χ0v) is 15.8. The summed E-state index contributed by atoms with van der Waals surface area (Å²) in [6, 6.07) is 9.80. The number of hydrogen-bond donors (Lipinski definition) is 1. The fourth-order valence-electron chi connectivity index (χ4n) is 3.46. The van der Waals surface area contributed by atoms with E-state index in [4.69, 9.17) is 0 Å². The van der Waals surface area contributed by atoms with E-state index in [0.29, 0.717) is 19.1 Å². The number of para-hydroxylation sites is 1. The van der Waals surface area contributed by atoms with Crippen LogP contribution in [0.3, 0.4) is 0 Å². The van der Waals surface area contributed by atoms with Crippen molar-refractivity contribution in [1.29, 1.82) is 0 Å². The third-order valence-corrected chi connectivity index (χ3v) is 4.90. The van der Waals surface area contributed by atoms with E-state index in [-0.39, 0.29) is 37.1 Å². The molecule has 1 aromatic carbocycles. The van der Waals surface area contributed by atoms with E-state index in [2.05, 4.69) is 29.4 Å². The van der Waals surface area contributed by atoms with E-state index in [9.17, 15) is 13.6 Å². The molecule has 2 aliphatic heterocycles. The standard InChI is InChI=1S/C17H23F2N3O.2ClH/c1-21(13-5-3-2-4-6-13)14-7-9-22(10-8-14)16(23)15-11-17(18,19)12-20-15;;/h2-6,14-15,20H,7-12H2,1H3;2*1H. The first-order chi connectivity index (χ1) is 11.0. The van der Waals surface area contributed by atoms with E-state index < -0.39 is 18.5 Å². The van der Waals surface area contributed by atoms with E-state index in [1.54, 1.807) is 4.90 Å². The summed E-state index contributed by atoms with van der Waals surface area (Å²) in [6.07, 6.45) is 1.34. The molecular weight excluding hydrogens is 371 g/mol. The third kappa shape index (κ3) is 5.19. The van der Waals surface area contributed by atoms with Crippen LogP contribution in [-0.2, 0) is 4.79 Å². The van der Waals surface area contributed by atoms with Gasteiger partial charge < -0.3 is 9.80 Å². The molecule has 2 aliphatic rings. The Hall–Kier alpha value is -1.11. The van der Waals surface area contributed by atoms with E-state index >= 15 is 0 Å². The van der Waals surface area contributed by atoms with Gasteiger partial charge in [0.15, 0.2) is 0 Å². The number of rotatable bonds is 3. The molecule has 8 heteroatoms. The Morgan fingerprint density at radius 3 is 2.32 bits per heavy atom. The van der Waals surface area contributed by atoms with Crippen LogP contribution in [0.4, 0.5) is 14.5 Å². The zero-order chi connectivity index (χ0) is 16.4. The summed E-state index contributed by atoms with van der Waals surface area (Å²) in [6.45, 7) is 0.867. The van der Waals surface area contributed by atoms with Gasteiger partial charge >= 0.3 is 0 Å². The molecule has 0 aromatic heterocycles. The van der Waals surface area contributed by atoms with Crippen molar-refractivity contribution in [2.45, 2.75) is 37.3 Å². The highest BCUT2D eigenvalue weighted by atomic mass is 35.5. The molecule has 2 saturated heterocycles. The first-order valence-electron chi connectivity index (χ1n) is 8.14. The van der Waals surface area contributed by atoms with Gasteiger partial charge in [0.1, 0.15) is 0 Å². The normalized spacial score (nSPS) is 22.7. The number of anilines is 1. The summed E-state index contributed by atoms with van der Waals surface area (Å²) in [4.78, 5) is 16.3. The summed E-state index contributed by atoms with van der Waals surface area (Å²) in [5.74, 6) is -2.94. The molecule has 1 N–H and O–H groups in total. The Balaban J connectivity index is 0.00000156. The topological polar surface area (TPSA) is 35.6 Å². The number of alkyl halides is 2. The van der Waals surface area contributed by atoms with Crippen LogP contribution >= 0.6 is 24.8 Å². The predicted octanol–water partition coefficient (Wildman–Crippen LogP) is 2.95. The average molecular weight is 396 g/mol. The number of carbonyl (C=O) groups excluding carboxylic acids is 1. The molecule has 0 spiro atoms. The number of benzene rings is 1. The second-order valence-electron chi connectivity index (χ2n) is 6.50. The fourth-order valence-corrected chi connectivity index (χ4v) is 3.46. The minimum absolute atomic E-state index is 0. The van der Waals surface area contributed by atoms with E-state index in [1.165, 1.54) is 0 Å². The number of hydrogen-bond acceptors (Lipinski definition) is 3. The van der Waals surface area contributed by atoms with Crippen molar-refractivity contribution in [2.75, 3.05) is 31.6 Å². The number of piperidine rings is 1. The fraction of sp³-hybridized carbons (Fsp3) is 0.588. The Kier molecular flexibility index (Phi) is 7.90. The van der Waals surface area contributed by atoms with Gasteiger partial charge in [0, 0.05) is 38.3 Å². The molecule has 1 amide bonds. The molecule has 1 atom stereocenters. The van der Waals surface area contributed by atoms with Gasteiger partial charge in [-0.2, -0.15) is 0 Å². The molecule has 2 fully saturated rings. The summed E-state index contributed by atoms with van der Waals surface area (Å²) >= 11 is 0. The van der Waals surface area contributed by atoms with Gasteiger partial charge in [0.25, 0.3) is 5.92 Å². The lowest BCUT2D eigenvalue weighted by atomic mass is 10.0. The summed E-state index contributed by atoms with van der Waals surface area (Å²) < 4.78 is 26.5. The van der Waals surface area contributed by atoms with E-state index in [1.807, 2.05) is 18.2 Å². The monoisotopic (exact) mass is 395 g/mol. The summed E-state index contributed by atoms with van der Waals surface area (Å²) in [5.41, 5.74) is 1.16. The molecule has 142 valence electrons. The highest BCUT2D eigenvalue weighted by molar-refractivity contribution is 5.85. The molecule has 4 nitrogen and oxygen atoms in total. The maximum absolute atomic E-state index is 13.2. The molecule has 0 radical (unpaired) electrons. The molecule has 25 heavy (non-hydrogen) atoms. The van der Waals surface area contributed by atoms with Crippen molar-refractivity contribution in [3.63, 3.8) is 0 Å². The van der Waals surface area contributed by atoms with Gasteiger partial charge in [-0.25, -0.2) is 8.78 Å². The molecule has 0 aliphatic carbocycles. The maximum atomic E-state index is 13.2. The number of nitrogens with zero attached hydrogens (tertiary/aromatic N) is 2. The molecule has 3 rings (SSSR count). The minimum Gasteiger partial charge on any atom is -0.371 e. The molecule has 1 unspecified atom stereocenters. The van der Waals surface area contributed by atoms with Crippen LogP contribution in [0.25, 0.3) is 0 Å². The molecular formula is C17H25Cl2F2N3O. The van der Waals surface area contributed by atoms with Crippen molar-refractivity contribution < 1.29 is 13.6 Å². The Labute approximate surface area is 159 Å². The van der Waals surface area contributed by atoms with Crippen LogP contribution < -0.4 is 10.2 Å². The van der Waals surface area contributed by atoms with Crippen LogP contribution in [0.15, 0.2) is 30.3 Å². The number of halogens is 4. The van der Waals surface area contributed by atoms with Crippen molar-refractivity contribution in [3.05, 3.63) is 30.3 Å². The average Bonchev–Trinajstić information content (AvgIpc) is 2.94. The van der Waals surface area contributed by atoms with Crippen molar-refractivity contribution >= 4 is 36.4 Å². The van der Waals surface area contributed by atoms with Crippen LogP contribution in [-0.4, -0.2) is 55.5 Å². The Morgan fingerprint density at radius 1 is 1.20 bits per heavy atom. The van der Waals surface area contributed by atoms with E-state index in [0.717, 1.165) is 18.5 Å². The molecule has 0 saturated carbocycles. The third-order valence-electron chi connectivity index (χ3n) is 4.90. The summed E-state index contributed by atoms with van der Waals surface area (Å²) in [7, 11) is 2.07. The van der Waals surface area contributed by atoms with Gasteiger partial charge in [-0.05, 0) is 25.0 Å². The molecule has 1 aromatic rings. The largest absolute Gasteiger partial charge is 0.371 e. The van der Waals surface area contributed by atoms with Gasteiger partial charge in [-0.15, -0.1) is 24.8 Å². The van der Waals surface area contributed by atoms with Gasteiger partial charge in [0.2, 0.25) is 5.91 Å². The highest BCUT2D eigenvalue weighted by Crippen LogP contribution is 2.27. The number of carbonyl (C=O) groups is 1. The molecule has 0 bridgehead atoms. The first-order valence-corrected chi connectivity index (χ1v) is 8.14. The van der Waals surface area contributed by atoms with Gasteiger partial charge in [-0.1, -0.05) is 18.2 Å². The van der Waals surface area contributed by atoms with Crippen LogP contribution in [0.1, 0.15) is 19.3 Å². The van der Waals surface area contributed by atoms with Gasteiger partial charge in [0.05, 0.1) is 12.6 Å². The van der Waals surface area contributed by atoms with Crippen LogP contribution in [0.5, 0.6) is 0 Å². The second kappa shape index (κ2) is 9.01. The highest BCUT2D eigenvalue weighted by Gasteiger charge is 2.43. The second-order valence-corrected chi connectivity index (χ2v) is 6.50. The smallest absolute Gasteiger partial charge is 0.262 e. The molecule has 2 heterocycles. The minimum atomic E-state index is -2.76. The lowest BCUT2D eigenvalue weighted by molar-refractivity contribution is -0.134. The SMILES string of the molecule is CN(c1ccccc1)C1CCN(C(=O)C2CC(F)(F)CN2)CC1.Cl.Cl.